The quantitative estimate of drug-likeness (QED) is 0.216. The molecule has 0 radical (unpaired) electrons. The van der Waals surface area contributed by atoms with Crippen molar-refractivity contribution in [2.24, 2.45) is 0 Å². The summed E-state index contributed by atoms with van der Waals surface area (Å²) in [6, 6.07) is 14.8. The maximum Gasteiger partial charge on any atom is 0.453 e. The number of halogens is 4. The smallest absolute Gasteiger partial charge is 0.453 e. The molecule has 0 unspecified atom stereocenters. The number of hydrogen-bond donors (Lipinski definition) is 0. The standard InChI is InChI=1S/C26H16ClF3O7/c1-34-25(33)15-4-8-17(9-5-15)36-23-22(32)19-11-10-18(13-20(19)37-24(23)26(28,29)30)35-21(31)12-14-2-6-16(27)7-3-14/h2-11,13H,12H2,1H3. The third-order valence-electron chi connectivity index (χ3n) is 5.07. The van der Waals surface area contributed by atoms with Gasteiger partial charge in [-0.3, -0.25) is 9.59 Å². The van der Waals surface area contributed by atoms with E-state index in [2.05, 4.69) is 4.74 Å². The lowest BCUT2D eigenvalue weighted by Gasteiger charge is -2.14. The van der Waals surface area contributed by atoms with Gasteiger partial charge >= 0.3 is 18.1 Å². The summed E-state index contributed by atoms with van der Waals surface area (Å²) in [6.45, 7) is 0. The van der Waals surface area contributed by atoms with Crippen LogP contribution in [-0.2, 0) is 22.1 Å². The lowest BCUT2D eigenvalue weighted by Crippen LogP contribution is -2.16. The lowest BCUT2D eigenvalue weighted by molar-refractivity contribution is -0.154. The number of alkyl halides is 3. The van der Waals surface area contributed by atoms with E-state index in [0.717, 1.165) is 6.07 Å². The Morgan fingerprint density at radius 3 is 2.22 bits per heavy atom. The van der Waals surface area contributed by atoms with Crippen molar-refractivity contribution in [3.05, 3.63) is 98.9 Å². The molecule has 0 saturated heterocycles. The number of benzene rings is 3. The van der Waals surface area contributed by atoms with Gasteiger partial charge in [0.1, 0.15) is 17.1 Å². The van der Waals surface area contributed by atoms with Crippen LogP contribution in [0.3, 0.4) is 0 Å². The molecule has 0 N–H and O–H groups in total. The predicted octanol–water partition coefficient (Wildman–Crippen LogP) is 6.19. The maximum atomic E-state index is 13.8. The van der Waals surface area contributed by atoms with Crippen LogP contribution in [0.15, 0.2) is 75.9 Å². The van der Waals surface area contributed by atoms with Crippen LogP contribution in [0.4, 0.5) is 13.2 Å². The van der Waals surface area contributed by atoms with Crippen molar-refractivity contribution >= 4 is 34.5 Å². The van der Waals surface area contributed by atoms with Crippen molar-refractivity contribution in [2.75, 3.05) is 7.11 Å². The summed E-state index contributed by atoms with van der Waals surface area (Å²) in [7, 11) is 1.18. The monoisotopic (exact) mass is 532 g/mol. The molecule has 1 heterocycles. The second-order valence-corrected chi connectivity index (χ2v) is 8.08. The fourth-order valence-electron chi connectivity index (χ4n) is 3.33. The van der Waals surface area contributed by atoms with E-state index < -0.39 is 40.6 Å². The Kier molecular flexibility index (Phi) is 7.21. The largest absolute Gasteiger partial charge is 0.465 e. The molecular formula is C26H16ClF3O7. The first kappa shape index (κ1) is 25.8. The van der Waals surface area contributed by atoms with Crippen LogP contribution >= 0.6 is 11.6 Å². The molecule has 0 saturated carbocycles. The van der Waals surface area contributed by atoms with E-state index in [-0.39, 0.29) is 28.9 Å². The van der Waals surface area contributed by atoms with Gasteiger partial charge in [0.25, 0.3) is 5.76 Å². The molecule has 11 heteroatoms. The van der Waals surface area contributed by atoms with E-state index in [9.17, 15) is 27.6 Å². The third kappa shape index (κ3) is 5.92. The summed E-state index contributed by atoms with van der Waals surface area (Å²) in [5.41, 5.74) is -0.802. The van der Waals surface area contributed by atoms with E-state index in [4.69, 9.17) is 25.5 Å². The first-order valence-corrected chi connectivity index (χ1v) is 10.9. The van der Waals surface area contributed by atoms with Gasteiger partial charge in [-0.05, 0) is 54.1 Å². The van der Waals surface area contributed by atoms with E-state index >= 15 is 0 Å². The first-order valence-electron chi connectivity index (χ1n) is 10.5. The molecule has 37 heavy (non-hydrogen) atoms. The van der Waals surface area contributed by atoms with Crippen LogP contribution in [0.25, 0.3) is 11.0 Å². The van der Waals surface area contributed by atoms with Gasteiger partial charge in [0.05, 0.1) is 24.5 Å². The summed E-state index contributed by atoms with van der Waals surface area (Å²) in [6.07, 6.45) is -5.20. The topological polar surface area (TPSA) is 92.0 Å². The Bertz CT molecular complexity index is 1530. The van der Waals surface area contributed by atoms with Crippen molar-refractivity contribution in [1.82, 2.24) is 0 Å². The molecule has 1 aromatic heterocycles. The summed E-state index contributed by atoms with van der Waals surface area (Å²) < 4.78 is 61.4. The number of methoxy groups -OCH3 is 1. The molecule has 0 aliphatic carbocycles. The molecule has 4 aromatic rings. The Balaban J connectivity index is 1.65. The number of ether oxygens (including phenoxy) is 3. The van der Waals surface area contributed by atoms with Crippen LogP contribution in [-0.4, -0.2) is 19.0 Å². The molecule has 0 atom stereocenters. The van der Waals surface area contributed by atoms with Crippen molar-refractivity contribution < 1.29 is 41.4 Å². The number of hydrogen-bond acceptors (Lipinski definition) is 7. The minimum atomic E-state index is -5.09. The van der Waals surface area contributed by atoms with E-state index in [1.807, 2.05) is 0 Å². The molecule has 0 spiro atoms. The predicted molar refractivity (Wildman–Crippen MR) is 126 cm³/mol. The lowest BCUT2D eigenvalue weighted by atomic mass is 10.1. The zero-order chi connectivity index (χ0) is 26.7. The van der Waals surface area contributed by atoms with Gasteiger partial charge in [0, 0.05) is 11.1 Å². The van der Waals surface area contributed by atoms with Crippen LogP contribution in [0.5, 0.6) is 17.2 Å². The van der Waals surface area contributed by atoms with Gasteiger partial charge < -0.3 is 18.6 Å². The van der Waals surface area contributed by atoms with Crippen LogP contribution in [0.2, 0.25) is 5.02 Å². The van der Waals surface area contributed by atoms with E-state index in [1.165, 1.54) is 43.5 Å². The van der Waals surface area contributed by atoms with Gasteiger partial charge in [0.2, 0.25) is 11.2 Å². The molecule has 0 fully saturated rings. The van der Waals surface area contributed by atoms with Gasteiger partial charge in [0.15, 0.2) is 0 Å². The SMILES string of the molecule is COC(=O)c1ccc(Oc2c(C(F)(F)F)oc3cc(OC(=O)Cc4ccc(Cl)cc4)ccc3c2=O)cc1. The number of rotatable bonds is 6. The van der Waals surface area contributed by atoms with Gasteiger partial charge in [-0.25, -0.2) is 4.79 Å². The average molecular weight is 533 g/mol. The van der Waals surface area contributed by atoms with Crippen molar-refractivity contribution in [3.63, 3.8) is 0 Å². The average Bonchev–Trinajstić information content (AvgIpc) is 2.86. The zero-order valence-corrected chi connectivity index (χ0v) is 19.7. The first-order chi connectivity index (χ1) is 17.5. The van der Waals surface area contributed by atoms with Crippen LogP contribution < -0.4 is 14.9 Å². The zero-order valence-electron chi connectivity index (χ0n) is 18.9. The highest BCUT2D eigenvalue weighted by Gasteiger charge is 2.40. The second-order valence-electron chi connectivity index (χ2n) is 7.64. The molecule has 3 aromatic carbocycles. The highest BCUT2D eigenvalue weighted by atomic mass is 35.5. The van der Waals surface area contributed by atoms with E-state index in [1.54, 1.807) is 24.3 Å². The molecule has 0 bridgehead atoms. The maximum absolute atomic E-state index is 13.8. The second kappa shape index (κ2) is 10.4. The Morgan fingerprint density at radius 1 is 0.946 bits per heavy atom. The highest BCUT2D eigenvalue weighted by molar-refractivity contribution is 6.30. The minimum absolute atomic E-state index is 0.116. The summed E-state index contributed by atoms with van der Waals surface area (Å²) in [5, 5.41) is 0.260. The van der Waals surface area contributed by atoms with Crippen molar-refractivity contribution in [3.8, 4) is 17.2 Å². The molecule has 0 aliphatic rings. The fraction of sp³-hybridized carbons (Fsp3) is 0.115. The molecule has 190 valence electrons. The minimum Gasteiger partial charge on any atom is -0.465 e. The Morgan fingerprint density at radius 2 is 1.59 bits per heavy atom. The third-order valence-corrected chi connectivity index (χ3v) is 5.32. The Hall–Kier alpha value is -4.31. The number of carbonyl (C=O) groups is 2. The van der Waals surface area contributed by atoms with Gasteiger partial charge in [-0.15, -0.1) is 0 Å². The number of carbonyl (C=O) groups excluding carboxylic acids is 2. The van der Waals surface area contributed by atoms with Crippen molar-refractivity contribution in [2.45, 2.75) is 12.6 Å². The summed E-state index contributed by atoms with van der Waals surface area (Å²) in [4.78, 5) is 36.8. The molecule has 0 amide bonds. The number of fused-ring (bicyclic) bond motifs is 1. The number of esters is 2. The van der Waals surface area contributed by atoms with Crippen LogP contribution in [0.1, 0.15) is 21.7 Å². The van der Waals surface area contributed by atoms with E-state index in [0.29, 0.717) is 10.6 Å². The summed E-state index contributed by atoms with van der Waals surface area (Å²) in [5.74, 6) is -4.36. The molecule has 7 nitrogen and oxygen atoms in total. The van der Waals surface area contributed by atoms with Gasteiger partial charge in [-0.1, -0.05) is 23.7 Å². The van der Waals surface area contributed by atoms with Crippen molar-refractivity contribution in [1.29, 1.82) is 0 Å². The molecule has 4 rings (SSSR count). The normalized spacial score (nSPS) is 11.3. The van der Waals surface area contributed by atoms with Crippen LogP contribution in [0, 0.1) is 0 Å². The fourth-order valence-corrected chi connectivity index (χ4v) is 3.46. The van der Waals surface area contributed by atoms with Gasteiger partial charge in [-0.2, -0.15) is 13.2 Å². The summed E-state index contributed by atoms with van der Waals surface area (Å²) >= 11 is 5.81. The molecule has 0 aliphatic heterocycles. The highest BCUT2D eigenvalue weighted by Crippen LogP contribution is 2.38. The molecular weight excluding hydrogens is 517 g/mol. The Labute approximate surface area is 211 Å².